The zero-order valence-electron chi connectivity index (χ0n) is 11.0. The molecule has 5 heteroatoms. The molecule has 3 unspecified atom stereocenters. The Morgan fingerprint density at radius 2 is 2.32 bits per heavy atom. The van der Waals surface area contributed by atoms with Gasteiger partial charge in [0.15, 0.2) is 0 Å². The number of nitrogens with one attached hydrogen (secondary N) is 1. The second kappa shape index (κ2) is 6.10. The lowest BCUT2D eigenvalue weighted by atomic mass is 9.85. The fourth-order valence-electron chi connectivity index (χ4n) is 2.68. The van der Waals surface area contributed by atoms with Crippen LogP contribution in [0.15, 0.2) is 18.5 Å². The van der Waals surface area contributed by atoms with Crippen LogP contribution >= 0.6 is 0 Å². The van der Waals surface area contributed by atoms with Crippen molar-refractivity contribution in [1.82, 2.24) is 10.3 Å². The quantitative estimate of drug-likeness (QED) is 0.879. The molecule has 0 spiro atoms. The number of aliphatic carboxylic acids is 1. The van der Waals surface area contributed by atoms with Gasteiger partial charge in [0.25, 0.3) is 0 Å². The van der Waals surface area contributed by atoms with Gasteiger partial charge in [0.1, 0.15) is 5.82 Å². The van der Waals surface area contributed by atoms with E-state index in [0.29, 0.717) is 6.42 Å². The molecule has 2 N–H and O–H groups in total. The van der Waals surface area contributed by atoms with E-state index in [9.17, 15) is 9.18 Å². The van der Waals surface area contributed by atoms with E-state index in [2.05, 4.69) is 10.3 Å². The van der Waals surface area contributed by atoms with Crippen molar-refractivity contribution in [2.24, 2.45) is 5.92 Å². The van der Waals surface area contributed by atoms with Crippen LogP contribution in [-0.4, -0.2) is 22.1 Å². The molecule has 3 atom stereocenters. The monoisotopic (exact) mass is 266 g/mol. The van der Waals surface area contributed by atoms with E-state index in [1.165, 1.54) is 12.3 Å². The van der Waals surface area contributed by atoms with Crippen LogP contribution in [0.1, 0.15) is 44.2 Å². The molecule has 1 heterocycles. The van der Waals surface area contributed by atoms with Gasteiger partial charge in [-0.1, -0.05) is 6.42 Å². The molecule has 19 heavy (non-hydrogen) atoms. The van der Waals surface area contributed by atoms with Crippen LogP contribution in [0.2, 0.25) is 0 Å². The lowest BCUT2D eigenvalue weighted by Crippen LogP contribution is -2.37. The molecule has 0 aliphatic heterocycles. The van der Waals surface area contributed by atoms with Crippen molar-refractivity contribution >= 4 is 5.97 Å². The van der Waals surface area contributed by atoms with E-state index < -0.39 is 5.97 Å². The van der Waals surface area contributed by atoms with Crippen LogP contribution in [0.5, 0.6) is 0 Å². The number of hydrogen-bond donors (Lipinski definition) is 2. The third kappa shape index (κ3) is 3.73. The summed E-state index contributed by atoms with van der Waals surface area (Å²) in [5.74, 6) is -1.33. The first-order valence-corrected chi connectivity index (χ1v) is 6.65. The average Bonchev–Trinajstić information content (AvgIpc) is 2.39. The number of nitrogens with zero attached hydrogens (tertiary/aromatic N) is 1. The Morgan fingerprint density at radius 3 is 3.00 bits per heavy atom. The van der Waals surface area contributed by atoms with Crippen molar-refractivity contribution < 1.29 is 14.3 Å². The van der Waals surface area contributed by atoms with Gasteiger partial charge in [-0.15, -0.1) is 0 Å². The van der Waals surface area contributed by atoms with Crippen molar-refractivity contribution in [2.75, 3.05) is 0 Å². The number of carboxylic acids is 1. The molecule has 0 bridgehead atoms. The van der Waals surface area contributed by atoms with Gasteiger partial charge in [0.05, 0.1) is 12.1 Å². The molecule has 1 aliphatic carbocycles. The lowest BCUT2D eigenvalue weighted by Gasteiger charge is -2.30. The van der Waals surface area contributed by atoms with Crippen LogP contribution in [-0.2, 0) is 4.79 Å². The summed E-state index contributed by atoms with van der Waals surface area (Å²) in [5.41, 5.74) is 0.789. The van der Waals surface area contributed by atoms with E-state index in [0.717, 1.165) is 24.8 Å². The maximum absolute atomic E-state index is 13.1. The fourth-order valence-corrected chi connectivity index (χ4v) is 2.68. The van der Waals surface area contributed by atoms with Crippen molar-refractivity contribution in [3.8, 4) is 0 Å². The smallest absolute Gasteiger partial charge is 0.306 e. The summed E-state index contributed by atoms with van der Waals surface area (Å²) in [6, 6.07) is 1.61. The van der Waals surface area contributed by atoms with Crippen LogP contribution in [0.3, 0.4) is 0 Å². The number of carboxylic acid groups (broad SMARTS) is 1. The molecule has 1 fully saturated rings. The Bertz CT molecular complexity index is 453. The topological polar surface area (TPSA) is 62.2 Å². The highest BCUT2D eigenvalue weighted by Crippen LogP contribution is 2.26. The minimum atomic E-state index is -0.716. The normalized spacial score (nSPS) is 24.9. The van der Waals surface area contributed by atoms with Gasteiger partial charge in [-0.25, -0.2) is 4.39 Å². The van der Waals surface area contributed by atoms with E-state index in [1.54, 1.807) is 6.20 Å². The van der Waals surface area contributed by atoms with Crippen molar-refractivity contribution in [3.05, 3.63) is 29.8 Å². The van der Waals surface area contributed by atoms with Crippen molar-refractivity contribution in [3.63, 3.8) is 0 Å². The summed E-state index contributed by atoms with van der Waals surface area (Å²) in [6.07, 6.45) is 6.10. The zero-order chi connectivity index (χ0) is 13.8. The van der Waals surface area contributed by atoms with Gasteiger partial charge in [0, 0.05) is 18.3 Å². The summed E-state index contributed by atoms with van der Waals surface area (Å²) < 4.78 is 13.1. The lowest BCUT2D eigenvalue weighted by molar-refractivity contribution is -0.143. The average molecular weight is 266 g/mol. The molecule has 1 aromatic heterocycles. The molecular weight excluding hydrogens is 247 g/mol. The highest BCUT2D eigenvalue weighted by Gasteiger charge is 2.27. The minimum absolute atomic E-state index is 0.0271. The molecule has 1 saturated carbocycles. The molecule has 4 nitrogen and oxygen atoms in total. The van der Waals surface area contributed by atoms with Crippen LogP contribution in [0, 0.1) is 11.7 Å². The van der Waals surface area contributed by atoms with E-state index in [-0.39, 0.29) is 23.8 Å². The molecule has 1 aromatic rings. The Morgan fingerprint density at radius 1 is 1.53 bits per heavy atom. The summed E-state index contributed by atoms with van der Waals surface area (Å²) in [4.78, 5) is 14.8. The predicted molar refractivity (Wildman–Crippen MR) is 69.1 cm³/mol. The molecule has 0 amide bonds. The highest BCUT2D eigenvalue weighted by atomic mass is 19.1. The molecular formula is C14H19FN2O2. The van der Waals surface area contributed by atoms with E-state index >= 15 is 0 Å². The molecule has 0 aromatic carbocycles. The Labute approximate surface area is 112 Å². The molecule has 0 saturated heterocycles. The summed E-state index contributed by atoms with van der Waals surface area (Å²) in [7, 11) is 0. The van der Waals surface area contributed by atoms with Gasteiger partial charge >= 0.3 is 5.97 Å². The second-order valence-electron chi connectivity index (χ2n) is 5.22. The van der Waals surface area contributed by atoms with Gasteiger partial charge < -0.3 is 10.4 Å². The first kappa shape index (κ1) is 13.9. The summed E-state index contributed by atoms with van der Waals surface area (Å²) in [5, 5.41) is 12.4. The fraction of sp³-hybridized carbons (Fsp3) is 0.571. The Kier molecular flexibility index (Phi) is 4.47. The number of carbonyl (C=O) groups is 1. The Balaban J connectivity index is 1.95. The van der Waals surface area contributed by atoms with Crippen molar-refractivity contribution in [2.45, 2.75) is 44.7 Å². The number of hydrogen-bond acceptors (Lipinski definition) is 3. The number of halogens is 1. The summed E-state index contributed by atoms with van der Waals surface area (Å²) in [6.45, 7) is 1.95. The first-order chi connectivity index (χ1) is 9.06. The van der Waals surface area contributed by atoms with Crippen LogP contribution < -0.4 is 5.32 Å². The third-order valence-electron chi connectivity index (χ3n) is 3.74. The second-order valence-corrected chi connectivity index (χ2v) is 5.22. The molecule has 1 aliphatic rings. The van der Waals surface area contributed by atoms with E-state index in [4.69, 9.17) is 5.11 Å². The predicted octanol–water partition coefficient (Wildman–Crippen LogP) is 2.51. The molecule has 104 valence electrons. The standard InChI is InChI=1S/C14H19FN2O2/c1-9(11-5-12(15)8-16-7-11)17-13-4-2-3-10(6-13)14(18)19/h5,7-10,13,17H,2-4,6H2,1H3,(H,18,19). The first-order valence-electron chi connectivity index (χ1n) is 6.65. The van der Waals surface area contributed by atoms with Gasteiger partial charge in [-0.2, -0.15) is 0 Å². The minimum Gasteiger partial charge on any atom is -0.481 e. The third-order valence-corrected chi connectivity index (χ3v) is 3.74. The number of rotatable bonds is 4. The van der Waals surface area contributed by atoms with Gasteiger partial charge in [-0.3, -0.25) is 9.78 Å². The summed E-state index contributed by atoms with van der Waals surface area (Å²) >= 11 is 0. The molecule has 2 rings (SSSR count). The van der Waals surface area contributed by atoms with Crippen LogP contribution in [0.25, 0.3) is 0 Å². The van der Waals surface area contributed by atoms with E-state index in [1.807, 2.05) is 6.92 Å². The largest absolute Gasteiger partial charge is 0.481 e. The van der Waals surface area contributed by atoms with Crippen LogP contribution in [0.4, 0.5) is 4.39 Å². The highest BCUT2D eigenvalue weighted by molar-refractivity contribution is 5.70. The van der Waals surface area contributed by atoms with Gasteiger partial charge in [-0.05, 0) is 37.8 Å². The van der Waals surface area contributed by atoms with Crippen molar-refractivity contribution in [1.29, 1.82) is 0 Å². The maximum Gasteiger partial charge on any atom is 0.306 e. The Hall–Kier alpha value is -1.49. The maximum atomic E-state index is 13.1. The number of pyridine rings is 1. The number of aromatic nitrogens is 1. The van der Waals surface area contributed by atoms with Gasteiger partial charge in [0.2, 0.25) is 0 Å². The molecule has 0 radical (unpaired) electrons. The zero-order valence-corrected chi connectivity index (χ0v) is 11.0. The SMILES string of the molecule is CC(NC1CCCC(C(=O)O)C1)c1cncc(F)c1.